The summed E-state index contributed by atoms with van der Waals surface area (Å²) in [5, 5.41) is 34.0. The lowest BCUT2D eigenvalue weighted by Crippen LogP contribution is -2.63. The number of carboxylic acids is 1. The Morgan fingerprint density at radius 1 is 0.407 bits per heavy atom. The lowest BCUT2D eigenvalue weighted by atomic mass is 9.84. The predicted molar refractivity (Wildman–Crippen MR) is 547 cm³/mol. The SMILES string of the molecule is CC[C@H](C)[C@H](NC(=O)[C@@H]1CCCN1C(=O)[C@@H]1CCCN1C(=O)[C@@H](NC(=O)[C@H](COC(C)(C)C)NC(=O)[C@H](C)NC(=O)[C@@H](NC(=O)[C@H](CSC(c1ccccc1)(c1ccccc1)c1ccccc1)NC(=O)[C@H](Cc1ccc(OC(C)(C)C)cc1)NC(=O)OCC1c2ccccc2-c2ccccc21)[C@@H](C)OC(C)(C)C)[C@@H](C)CC)C(=O)N[C@@H](CSC(c1ccccc1)(c1ccccc1)c1ccccc1)C(=O)O. The van der Waals surface area contributed by atoms with Crippen LogP contribution >= 0.6 is 23.5 Å². The number of benzene rings is 9. The van der Waals surface area contributed by atoms with E-state index < -0.39 is 176 Å². The maximum atomic E-state index is 16.1. The molecular formula is C112H136N10O16S2. The van der Waals surface area contributed by atoms with Crippen LogP contribution in [0.15, 0.2) is 255 Å². The Balaban J connectivity index is 0.766. The lowest BCUT2D eigenvalue weighted by Gasteiger charge is -2.37. The Hall–Kier alpha value is -12.6. The molecule has 0 saturated carbocycles. The number of carboxylic acid groups (broad SMARTS) is 1. The lowest BCUT2D eigenvalue weighted by molar-refractivity contribution is -0.149. The fourth-order valence-corrected chi connectivity index (χ4v) is 21.5. The third-order valence-corrected chi connectivity index (χ3v) is 29.2. The zero-order chi connectivity index (χ0) is 101. The van der Waals surface area contributed by atoms with E-state index in [4.69, 9.17) is 18.9 Å². The van der Waals surface area contributed by atoms with Crippen LogP contribution in [0.4, 0.5) is 4.79 Å². The number of rotatable bonds is 43. The third kappa shape index (κ3) is 26.9. The number of alkyl carbamates (subject to hydrolysis) is 1. The Bertz CT molecular complexity index is 5470. The molecule has 2 aliphatic heterocycles. The number of amides is 10. The predicted octanol–water partition coefficient (Wildman–Crippen LogP) is 15.4. The monoisotopic (exact) mass is 1940 g/mol. The zero-order valence-electron chi connectivity index (χ0n) is 82.8. The number of carbonyl (C=O) groups excluding carboxylic acids is 10. The van der Waals surface area contributed by atoms with Gasteiger partial charge in [-0.3, -0.25) is 43.2 Å². The van der Waals surface area contributed by atoms with Crippen molar-refractivity contribution in [1.29, 1.82) is 0 Å². The van der Waals surface area contributed by atoms with Gasteiger partial charge in [0.25, 0.3) is 0 Å². The summed E-state index contributed by atoms with van der Waals surface area (Å²) in [5.74, 6) is -8.99. The molecule has 2 heterocycles. The number of aliphatic carboxylic acids is 1. The number of thioether (sulfide) groups is 2. The van der Waals surface area contributed by atoms with Crippen molar-refractivity contribution in [3.8, 4) is 16.9 Å². The number of hydrogen-bond acceptors (Lipinski definition) is 17. The first-order valence-electron chi connectivity index (χ1n) is 48.6. The summed E-state index contributed by atoms with van der Waals surface area (Å²) in [5.41, 5.74) is 7.45. The average molecular weight is 1940 g/mol. The molecule has 0 unspecified atom stereocenters. The van der Waals surface area contributed by atoms with Crippen molar-refractivity contribution in [2.45, 2.75) is 248 Å². The molecule has 2 fully saturated rings. The van der Waals surface area contributed by atoms with Crippen LogP contribution < -0.4 is 47.3 Å². The second kappa shape index (κ2) is 48.0. The molecule has 0 aromatic heterocycles. The van der Waals surface area contributed by atoms with E-state index in [1.807, 2.05) is 265 Å². The highest BCUT2D eigenvalue weighted by molar-refractivity contribution is 8.01. The molecule has 9 N–H and O–H groups in total. The van der Waals surface area contributed by atoms with E-state index in [-0.39, 0.29) is 56.4 Å². The largest absolute Gasteiger partial charge is 0.488 e. The van der Waals surface area contributed by atoms with E-state index >= 15 is 33.6 Å². The molecule has 26 nitrogen and oxygen atoms in total. The van der Waals surface area contributed by atoms with E-state index in [9.17, 15) is 24.3 Å². The molecule has 1 aliphatic carbocycles. The summed E-state index contributed by atoms with van der Waals surface area (Å²) in [7, 11) is 0. The van der Waals surface area contributed by atoms with Crippen molar-refractivity contribution in [2.24, 2.45) is 11.8 Å². The van der Waals surface area contributed by atoms with Gasteiger partial charge in [0.05, 0.1) is 33.4 Å². The van der Waals surface area contributed by atoms with Gasteiger partial charge in [0.1, 0.15) is 78.4 Å². The van der Waals surface area contributed by atoms with Gasteiger partial charge in [-0.15, -0.1) is 23.5 Å². The Kier molecular flexibility index (Phi) is 36.4. The maximum absolute atomic E-state index is 16.1. The van der Waals surface area contributed by atoms with Gasteiger partial charge in [-0.2, -0.15) is 0 Å². The molecule has 10 amide bonds. The topological polar surface area (TPSA) is 348 Å². The fourth-order valence-electron chi connectivity index (χ4n) is 18.4. The summed E-state index contributed by atoms with van der Waals surface area (Å²) in [6.07, 6.45) is -0.0940. The van der Waals surface area contributed by atoms with Gasteiger partial charge in [0, 0.05) is 36.9 Å². The van der Waals surface area contributed by atoms with Crippen LogP contribution in [-0.2, 0) is 78.1 Å². The van der Waals surface area contributed by atoms with Crippen LogP contribution in [0.2, 0.25) is 0 Å². The first-order chi connectivity index (χ1) is 66.8. The van der Waals surface area contributed by atoms with Gasteiger partial charge in [-0.1, -0.05) is 283 Å². The molecule has 0 spiro atoms. The van der Waals surface area contributed by atoms with Gasteiger partial charge in [-0.05, 0) is 187 Å². The minimum atomic E-state index is -1.61. The van der Waals surface area contributed by atoms with Gasteiger partial charge in [0.2, 0.25) is 53.2 Å². The molecule has 13 atom stereocenters. The Morgan fingerprint density at radius 2 is 0.814 bits per heavy atom. The average Bonchev–Trinajstić information content (AvgIpc) is 0.832. The summed E-state index contributed by atoms with van der Waals surface area (Å²) < 4.78 is 23.1. The van der Waals surface area contributed by atoms with Gasteiger partial charge in [-0.25, -0.2) is 9.59 Å². The van der Waals surface area contributed by atoms with Gasteiger partial charge < -0.3 is 76.4 Å². The molecule has 9 aromatic rings. The number of likely N-dealkylation sites (tertiary alicyclic amines) is 2. The highest BCUT2D eigenvalue weighted by atomic mass is 32.2. The number of hydrogen-bond donors (Lipinski definition) is 9. The van der Waals surface area contributed by atoms with Crippen LogP contribution in [0.5, 0.6) is 5.75 Å². The number of ether oxygens (including phenoxy) is 4. The van der Waals surface area contributed by atoms with Crippen LogP contribution in [0.25, 0.3) is 11.1 Å². The molecule has 12 rings (SSSR count). The fraction of sp³-hybridized carbons (Fsp3) is 0.420. The minimum absolute atomic E-state index is 0.0723. The van der Waals surface area contributed by atoms with E-state index in [1.165, 1.54) is 40.2 Å². The van der Waals surface area contributed by atoms with Crippen molar-refractivity contribution in [3.05, 3.63) is 305 Å². The van der Waals surface area contributed by atoms with Crippen LogP contribution in [0.1, 0.15) is 198 Å². The van der Waals surface area contributed by atoms with Gasteiger partial charge in [0.15, 0.2) is 0 Å². The molecule has 28 heteroatoms. The molecule has 9 aromatic carbocycles. The van der Waals surface area contributed by atoms with Crippen molar-refractivity contribution in [2.75, 3.05) is 37.8 Å². The highest BCUT2D eigenvalue weighted by Gasteiger charge is 2.48. The van der Waals surface area contributed by atoms with E-state index in [0.717, 1.165) is 55.6 Å². The first kappa shape index (κ1) is 106. The normalized spacial score (nSPS) is 16.8. The van der Waals surface area contributed by atoms with Crippen molar-refractivity contribution >= 4 is 88.8 Å². The molecule has 140 heavy (non-hydrogen) atoms. The summed E-state index contributed by atoms with van der Waals surface area (Å²) in [6.45, 7) is 26.4. The summed E-state index contributed by atoms with van der Waals surface area (Å²) in [4.78, 5) is 169. The van der Waals surface area contributed by atoms with Crippen molar-refractivity contribution in [3.63, 3.8) is 0 Å². The summed E-state index contributed by atoms with van der Waals surface area (Å²) in [6, 6.07) is 68.0. The second-order valence-electron chi connectivity index (χ2n) is 39.5. The molecule has 0 radical (unpaired) electrons. The quantitative estimate of drug-likeness (QED) is 0.0160. The van der Waals surface area contributed by atoms with Crippen LogP contribution in [0, 0.1) is 11.8 Å². The smallest absolute Gasteiger partial charge is 0.407 e. The van der Waals surface area contributed by atoms with E-state index in [2.05, 4.69) is 42.5 Å². The zero-order valence-corrected chi connectivity index (χ0v) is 84.4. The molecule has 0 bridgehead atoms. The molecule has 2 saturated heterocycles. The van der Waals surface area contributed by atoms with Crippen LogP contribution in [0.3, 0.4) is 0 Å². The Labute approximate surface area is 831 Å². The molecular weight excluding hydrogens is 1810 g/mol. The maximum Gasteiger partial charge on any atom is 0.407 e. The summed E-state index contributed by atoms with van der Waals surface area (Å²) >= 11 is 2.73. The van der Waals surface area contributed by atoms with E-state index in [1.54, 1.807) is 86.6 Å². The number of fused-ring (bicyclic) bond motifs is 3. The Morgan fingerprint density at radius 3 is 1.27 bits per heavy atom. The molecule has 3 aliphatic rings. The number of nitrogens with one attached hydrogen (secondary N) is 8. The third-order valence-electron chi connectivity index (χ3n) is 25.9. The number of nitrogens with zero attached hydrogens (tertiary/aromatic N) is 2. The van der Waals surface area contributed by atoms with E-state index in [0.29, 0.717) is 37.0 Å². The van der Waals surface area contributed by atoms with Crippen molar-refractivity contribution in [1.82, 2.24) is 52.3 Å². The van der Waals surface area contributed by atoms with Gasteiger partial charge >= 0.3 is 12.1 Å². The minimum Gasteiger partial charge on any atom is -0.488 e. The van der Waals surface area contributed by atoms with Crippen molar-refractivity contribution < 1.29 is 76.8 Å². The van der Waals surface area contributed by atoms with Crippen LogP contribution in [-0.4, -0.2) is 201 Å². The standard InChI is InChI=1S/C112H136N10O16S2/c1-16-71(3)94(102(128)116-91(106(132)133)70-140-112(79-48-30-21-31-49-79,80-50-32-22-33-51-80)81-52-34-23-35-53-81)118-101(127)92-58-40-64-121(92)104(130)93-59-41-65-122(93)105(131)95(72(4)17-2)119-99(125)89(68-136-108(7,8)9)114-97(123)73(5)113-103(129)96(74(6)137-109(10,11)12)120-100(126)90(69-139-111(76-42-24-18-25-43-76,77-44-26-19-27-45-77)78-46-28-20-29-47-78)115-98(124)88(66-75-60-62-82(63-61-75)138-110(13,14)15)117-107(134)135-67-87-85-56-38-36-54-83(85)84-55-37-39-57-86(84)87/h18-39,42-57,60-63,71-74,87-96H,16-17,40-41,58-59,64-70H2,1-15H3,(H,113,129)(H,114,123)(H,115,124)(H,116,128)(H,117,134)(H,118,127)(H,119,125)(H,120,126)(H,132,133)/t71-,72-,73-,74+,88-,89-,90-,91-,92-,93-,94-,95-,96-/m0/s1. The molecule has 742 valence electrons. The number of carbonyl (C=O) groups is 11. The first-order valence-corrected chi connectivity index (χ1v) is 50.6. The second-order valence-corrected chi connectivity index (χ2v) is 42.0. The highest BCUT2D eigenvalue weighted by Crippen LogP contribution is 2.51.